The van der Waals surface area contributed by atoms with Crippen LogP contribution in [0.15, 0.2) is 46.4 Å². The molecule has 1 heteroatoms. The summed E-state index contributed by atoms with van der Waals surface area (Å²) in [7, 11) is 0. The Morgan fingerprint density at radius 1 is 0.944 bits per heavy atom. The van der Waals surface area contributed by atoms with Crippen LogP contribution in [-0.2, 0) is 6.42 Å². The molecule has 1 aliphatic rings. The van der Waals surface area contributed by atoms with E-state index in [-0.39, 0.29) is 0 Å². The second-order valence-corrected chi connectivity index (χ2v) is 5.91. The van der Waals surface area contributed by atoms with Crippen molar-refractivity contribution in [1.29, 1.82) is 0 Å². The van der Waals surface area contributed by atoms with E-state index < -0.39 is 0 Å². The van der Waals surface area contributed by atoms with Crippen LogP contribution < -0.4 is 0 Å². The highest BCUT2D eigenvalue weighted by Gasteiger charge is 2.14. The first-order chi connectivity index (χ1) is 8.63. The van der Waals surface area contributed by atoms with E-state index in [1.54, 1.807) is 0 Å². The third-order valence-electron chi connectivity index (χ3n) is 3.47. The SMILES string of the molecule is CC1=Cc2cc(-c3ccc(C)cc3)cc(Br)c2C1. The van der Waals surface area contributed by atoms with Gasteiger partial charge in [0.15, 0.2) is 0 Å². The van der Waals surface area contributed by atoms with Gasteiger partial charge in [-0.1, -0.05) is 57.4 Å². The molecule has 1 aliphatic carbocycles. The minimum Gasteiger partial charge on any atom is -0.0683 e. The van der Waals surface area contributed by atoms with E-state index in [1.807, 2.05) is 0 Å². The molecule has 0 fully saturated rings. The Labute approximate surface area is 116 Å². The molecule has 0 amide bonds. The predicted octanol–water partition coefficient (Wildman–Crippen LogP) is 5.38. The third kappa shape index (κ3) is 2.04. The molecule has 0 radical (unpaired) electrons. The normalized spacial score (nSPS) is 13.4. The molecule has 2 aromatic carbocycles. The molecule has 0 saturated carbocycles. The van der Waals surface area contributed by atoms with E-state index in [1.165, 1.54) is 37.9 Å². The molecule has 0 saturated heterocycles. The van der Waals surface area contributed by atoms with Crippen LogP contribution in [0.4, 0.5) is 0 Å². The highest BCUT2D eigenvalue weighted by molar-refractivity contribution is 9.10. The van der Waals surface area contributed by atoms with Gasteiger partial charge in [0.2, 0.25) is 0 Å². The number of allylic oxidation sites excluding steroid dienone is 1. The minimum atomic E-state index is 1.07. The Morgan fingerprint density at radius 3 is 2.39 bits per heavy atom. The zero-order chi connectivity index (χ0) is 12.7. The molecular weight excluding hydrogens is 284 g/mol. The molecule has 0 bridgehead atoms. The van der Waals surface area contributed by atoms with Crippen LogP contribution in [0.3, 0.4) is 0 Å². The minimum absolute atomic E-state index is 1.07. The van der Waals surface area contributed by atoms with Crippen molar-refractivity contribution in [2.24, 2.45) is 0 Å². The topological polar surface area (TPSA) is 0 Å². The first-order valence-corrected chi connectivity index (χ1v) is 6.99. The lowest BCUT2D eigenvalue weighted by molar-refractivity contribution is 1.18. The van der Waals surface area contributed by atoms with Gasteiger partial charge in [-0.3, -0.25) is 0 Å². The Hall–Kier alpha value is -1.34. The lowest BCUT2D eigenvalue weighted by atomic mass is 10.00. The molecule has 0 heterocycles. The summed E-state index contributed by atoms with van der Waals surface area (Å²) in [5.41, 5.74) is 8.08. The Bertz CT molecular complexity index is 633. The summed E-state index contributed by atoms with van der Waals surface area (Å²) >= 11 is 3.70. The molecule has 0 spiro atoms. The first kappa shape index (κ1) is 11.7. The highest BCUT2D eigenvalue weighted by atomic mass is 79.9. The number of rotatable bonds is 1. The smallest absolute Gasteiger partial charge is 0.0222 e. The van der Waals surface area contributed by atoms with Gasteiger partial charge in [0, 0.05) is 4.47 Å². The van der Waals surface area contributed by atoms with Gasteiger partial charge in [-0.25, -0.2) is 0 Å². The van der Waals surface area contributed by atoms with E-state index >= 15 is 0 Å². The molecule has 3 rings (SSSR count). The van der Waals surface area contributed by atoms with Gasteiger partial charge in [-0.2, -0.15) is 0 Å². The summed E-state index contributed by atoms with van der Waals surface area (Å²) in [6.07, 6.45) is 3.36. The molecule has 0 atom stereocenters. The van der Waals surface area contributed by atoms with E-state index in [0.717, 1.165) is 6.42 Å². The second-order valence-electron chi connectivity index (χ2n) is 5.06. The molecule has 0 aliphatic heterocycles. The summed E-state index contributed by atoms with van der Waals surface area (Å²) in [5, 5.41) is 0. The monoisotopic (exact) mass is 298 g/mol. The number of aryl methyl sites for hydroxylation is 1. The van der Waals surface area contributed by atoms with E-state index in [0.29, 0.717) is 0 Å². The fourth-order valence-corrected chi connectivity index (χ4v) is 3.10. The maximum atomic E-state index is 3.70. The third-order valence-corrected chi connectivity index (χ3v) is 4.18. The van der Waals surface area contributed by atoms with Crippen LogP contribution in [0.2, 0.25) is 0 Å². The van der Waals surface area contributed by atoms with Crippen LogP contribution >= 0.6 is 15.9 Å². The Kier molecular flexibility index (Phi) is 2.87. The van der Waals surface area contributed by atoms with Crippen molar-refractivity contribution in [2.45, 2.75) is 20.3 Å². The van der Waals surface area contributed by atoms with Crippen LogP contribution in [0.1, 0.15) is 23.6 Å². The van der Waals surface area contributed by atoms with Crippen LogP contribution in [0, 0.1) is 6.92 Å². The van der Waals surface area contributed by atoms with Crippen LogP contribution in [0.25, 0.3) is 17.2 Å². The highest BCUT2D eigenvalue weighted by Crippen LogP contribution is 2.35. The first-order valence-electron chi connectivity index (χ1n) is 6.20. The van der Waals surface area contributed by atoms with Gasteiger partial charge in [0.05, 0.1) is 0 Å². The van der Waals surface area contributed by atoms with Crippen molar-refractivity contribution in [1.82, 2.24) is 0 Å². The van der Waals surface area contributed by atoms with Crippen molar-refractivity contribution in [2.75, 3.05) is 0 Å². The molecule has 0 unspecified atom stereocenters. The van der Waals surface area contributed by atoms with Gasteiger partial charge < -0.3 is 0 Å². The van der Waals surface area contributed by atoms with E-state index in [4.69, 9.17) is 0 Å². The van der Waals surface area contributed by atoms with E-state index in [2.05, 4.69) is 72.3 Å². The largest absolute Gasteiger partial charge is 0.0683 e. The summed E-state index contributed by atoms with van der Waals surface area (Å²) in [6, 6.07) is 13.2. The number of halogens is 1. The molecule has 2 aromatic rings. The lowest BCUT2D eigenvalue weighted by Crippen LogP contribution is -1.88. The number of hydrogen-bond acceptors (Lipinski definition) is 0. The fraction of sp³-hybridized carbons (Fsp3) is 0.176. The number of benzene rings is 2. The fourth-order valence-electron chi connectivity index (χ4n) is 2.48. The zero-order valence-corrected chi connectivity index (χ0v) is 12.2. The maximum absolute atomic E-state index is 3.70. The standard InChI is InChI=1S/C17H15Br/c1-11-3-5-13(6-4-11)14-9-15-7-12(2)8-16(15)17(18)10-14/h3-7,9-10H,8H2,1-2H3. The lowest BCUT2D eigenvalue weighted by Gasteiger charge is -2.08. The average Bonchev–Trinajstić information content (AvgIpc) is 2.71. The maximum Gasteiger partial charge on any atom is 0.0222 e. The van der Waals surface area contributed by atoms with E-state index in [9.17, 15) is 0 Å². The van der Waals surface area contributed by atoms with Gasteiger partial charge in [0.25, 0.3) is 0 Å². The molecule has 0 N–H and O–H groups in total. The quantitative estimate of drug-likeness (QED) is 0.663. The van der Waals surface area contributed by atoms with Crippen molar-refractivity contribution in [3.63, 3.8) is 0 Å². The molecule has 18 heavy (non-hydrogen) atoms. The molecule has 0 nitrogen and oxygen atoms in total. The Balaban J connectivity index is 2.12. The summed E-state index contributed by atoms with van der Waals surface area (Å²) in [4.78, 5) is 0. The van der Waals surface area contributed by atoms with Crippen LogP contribution in [-0.4, -0.2) is 0 Å². The average molecular weight is 299 g/mol. The number of fused-ring (bicyclic) bond motifs is 1. The van der Waals surface area contributed by atoms with Crippen molar-refractivity contribution < 1.29 is 0 Å². The second kappa shape index (κ2) is 4.40. The van der Waals surface area contributed by atoms with Gasteiger partial charge in [0.1, 0.15) is 0 Å². The van der Waals surface area contributed by atoms with Gasteiger partial charge >= 0.3 is 0 Å². The van der Waals surface area contributed by atoms with Crippen molar-refractivity contribution in [3.05, 3.63) is 63.1 Å². The summed E-state index contributed by atoms with van der Waals surface area (Å²) in [5.74, 6) is 0. The predicted molar refractivity (Wildman–Crippen MR) is 81.7 cm³/mol. The molecule has 0 aromatic heterocycles. The van der Waals surface area contributed by atoms with Crippen molar-refractivity contribution >= 4 is 22.0 Å². The number of hydrogen-bond donors (Lipinski definition) is 0. The molecular formula is C17H15Br. The Morgan fingerprint density at radius 2 is 1.67 bits per heavy atom. The van der Waals surface area contributed by atoms with Crippen molar-refractivity contribution in [3.8, 4) is 11.1 Å². The summed E-state index contributed by atoms with van der Waals surface area (Å²) in [6.45, 7) is 4.31. The van der Waals surface area contributed by atoms with Gasteiger partial charge in [-0.05, 0) is 54.7 Å². The summed E-state index contributed by atoms with van der Waals surface area (Å²) < 4.78 is 1.23. The zero-order valence-electron chi connectivity index (χ0n) is 10.6. The van der Waals surface area contributed by atoms with Gasteiger partial charge in [-0.15, -0.1) is 0 Å². The molecule has 90 valence electrons. The van der Waals surface area contributed by atoms with Crippen LogP contribution in [0.5, 0.6) is 0 Å².